The number of rotatable bonds is 6. The zero-order valence-corrected chi connectivity index (χ0v) is 16.4. The minimum Gasteiger partial charge on any atom is -0.353 e. The van der Waals surface area contributed by atoms with Gasteiger partial charge in [0.2, 0.25) is 0 Å². The first-order chi connectivity index (χ1) is 12.9. The van der Waals surface area contributed by atoms with Crippen molar-refractivity contribution in [2.45, 2.75) is 32.7 Å². The summed E-state index contributed by atoms with van der Waals surface area (Å²) in [6.07, 6.45) is 2.86. The van der Waals surface area contributed by atoms with Gasteiger partial charge in [0.15, 0.2) is 9.84 Å². The van der Waals surface area contributed by atoms with E-state index < -0.39 is 9.84 Å². The zero-order valence-electron chi connectivity index (χ0n) is 15.6. The van der Waals surface area contributed by atoms with Crippen LogP contribution in [0.25, 0.3) is 0 Å². The molecule has 27 heavy (non-hydrogen) atoms. The summed E-state index contributed by atoms with van der Waals surface area (Å²) in [4.78, 5) is 22.8. The van der Waals surface area contributed by atoms with Crippen molar-refractivity contribution in [1.29, 1.82) is 0 Å². The van der Waals surface area contributed by atoms with Crippen LogP contribution in [0, 0.1) is 0 Å². The van der Waals surface area contributed by atoms with Crippen LogP contribution < -0.4 is 10.2 Å². The molecule has 0 bridgehead atoms. The molecule has 1 N–H and O–H groups in total. The van der Waals surface area contributed by atoms with E-state index in [2.05, 4.69) is 22.2 Å². The summed E-state index contributed by atoms with van der Waals surface area (Å²) in [6.45, 7) is 4.63. The molecule has 1 fully saturated rings. The van der Waals surface area contributed by atoms with Gasteiger partial charge in [-0.25, -0.2) is 18.4 Å². The summed E-state index contributed by atoms with van der Waals surface area (Å²) in [6, 6.07) is 9.17. The topological polar surface area (TPSA) is 92.3 Å². The molecule has 0 saturated carbocycles. The van der Waals surface area contributed by atoms with E-state index in [4.69, 9.17) is 0 Å². The average molecular weight is 388 g/mol. The smallest absolute Gasteiger partial charge is 0.274 e. The van der Waals surface area contributed by atoms with Crippen LogP contribution in [0.3, 0.4) is 0 Å². The van der Waals surface area contributed by atoms with Crippen molar-refractivity contribution in [2.24, 2.45) is 0 Å². The largest absolute Gasteiger partial charge is 0.353 e. The van der Waals surface area contributed by atoms with Gasteiger partial charge in [0.05, 0.1) is 11.5 Å². The molecule has 8 heteroatoms. The standard InChI is InChI=1S/C19H24N4O3S/c1-3-14-5-7-15(8-6-14)22-19(24)17-11-18(21-13-20-17)23(4-2)16-9-10-27(25,26)12-16/h5-8,11,13,16H,3-4,9-10,12H2,1-2H3,(H,22,24). The summed E-state index contributed by atoms with van der Waals surface area (Å²) in [5.41, 5.74) is 2.15. The first-order valence-electron chi connectivity index (χ1n) is 9.11. The van der Waals surface area contributed by atoms with E-state index >= 15 is 0 Å². The normalized spacial score (nSPS) is 18.2. The molecule has 2 aromatic rings. The van der Waals surface area contributed by atoms with Crippen LogP contribution in [0.2, 0.25) is 0 Å². The highest BCUT2D eigenvalue weighted by atomic mass is 32.2. The second-order valence-corrected chi connectivity index (χ2v) is 8.84. The second kappa shape index (κ2) is 8.04. The monoisotopic (exact) mass is 388 g/mol. The number of anilines is 2. The fourth-order valence-electron chi connectivity index (χ4n) is 3.28. The summed E-state index contributed by atoms with van der Waals surface area (Å²) >= 11 is 0. The van der Waals surface area contributed by atoms with Crippen LogP contribution in [-0.4, -0.2) is 48.4 Å². The summed E-state index contributed by atoms with van der Waals surface area (Å²) in [7, 11) is -3.00. The number of nitrogens with zero attached hydrogens (tertiary/aromatic N) is 3. The maximum absolute atomic E-state index is 12.5. The van der Waals surface area contributed by atoms with Crippen molar-refractivity contribution in [2.75, 3.05) is 28.3 Å². The van der Waals surface area contributed by atoms with Crippen molar-refractivity contribution in [3.05, 3.63) is 47.9 Å². The predicted octanol–water partition coefficient (Wildman–Crippen LogP) is 2.30. The molecule has 1 saturated heterocycles. The Morgan fingerprint density at radius 3 is 2.56 bits per heavy atom. The average Bonchev–Trinajstić information content (AvgIpc) is 3.02. The van der Waals surface area contributed by atoms with Gasteiger partial charge in [-0.1, -0.05) is 19.1 Å². The van der Waals surface area contributed by atoms with Crippen molar-refractivity contribution >= 4 is 27.2 Å². The minimum atomic E-state index is -3.00. The SMILES string of the molecule is CCc1ccc(NC(=O)c2cc(N(CC)C3CCS(=O)(=O)C3)ncn2)cc1. The molecule has 1 aliphatic rings. The fraction of sp³-hybridized carbons (Fsp3) is 0.421. The molecular weight excluding hydrogens is 364 g/mol. The van der Waals surface area contributed by atoms with E-state index in [9.17, 15) is 13.2 Å². The first kappa shape index (κ1) is 19.3. The quantitative estimate of drug-likeness (QED) is 0.816. The number of hydrogen-bond acceptors (Lipinski definition) is 6. The third-order valence-corrected chi connectivity index (χ3v) is 6.54. The molecule has 0 aliphatic carbocycles. The lowest BCUT2D eigenvalue weighted by Crippen LogP contribution is -2.37. The number of hydrogen-bond donors (Lipinski definition) is 1. The summed E-state index contributed by atoms with van der Waals surface area (Å²) in [5.74, 6) is 0.565. The molecule has 1 aromatic carbocycles. The summed E-state index contributed by atoms with van der Waals surface area (Å²) in [5, 5.41) is 2.83. The molecule has 1 atom stereocenters. The lowest BCUT2D eigenvalue weighted by Gasteiger charge is -2.27. The molecule has 0 radical (unpaired) electrons. The van der Waals surface area contributed by atoms with Gasteiger partial charge in [0.25, 0.3) is 5.91 Å². The third-order valence-electron chi connectivity index (χ3n) is 4.79. The number of carbonyl (C=O) groups excluding carboxylic acids is 1. The number of carbonyl (C=O) groups is 1. The van der Waals surface area contributed by atoms with Gasteiger partial charge >= 0.3 is 0 Å². The van der Waals surface area contributed by atoms with Gasteiger partial charge in [0.1, 0.15) is 17.8 Å². The van der Waals surface area contributed by atoms with Crippen LogP contribution in [0.15, 0.2) is 36.7 Å². The first-order valence-corrected chi connectivity index (χ1v) is 10.9. The van der Waals surface area contributed by atoms with E-state index in [1.165, 1.54) is 11.9 Å². The Morgan fingerprint density at radius 1 is 1.22 bits per heavy atom. The van der Waals surface area contributed by atoms with Gasteiger partial charge in [0, 0.05) is 24.3 Å². The minimum absolute atomic E-state index is 0.118. The van der Waals surface area contributed by atoms with Crippen molar-refractivity contribution in [1.82, 2.24) is 9.97 Å². The number of nitrogens with one attached hydrogen (secondary N) is 1. The van der Waals surface area contributed by atoms with E-state index in [0.717, 1.165) is 6.42 Å². The van der Waals surface area contributed by atoms with E-state index in [1.54, 1.807) is 6.07 Å². The van der Waals surface area contributed by atoms with Gasteiger partial charge in [-0.05, 0) is 37.5 Å². The highest BCUT2D eigenvalue weighted by Gasteiger charge is 2.32. The van der Waals surface area contributed by atoms with Crippen LogP contribution in [0.1, 0.15) is 36.3 Å². The maximum Gasteiger partial charge on any atom is 0.274 e. The molecule has 144 valence electrons. The maximum atomic E-state index is 12.5. The van der Waals surface area contributed by atoms with Crippen LogP contribution in [-0.2, 0) is 16.3 Å². The molecule has 7 nitrogen and oxygen atoms in total. The molecule has 3 rings (SSSR count). The predicted molar refractivity (Wildman–Crippen MR) is 106 cm³/mol. The van der Waals surface area contributed by atoms with Crippen molar-refractivity contribution in [3.8, 4) is 0 Å². The Hall–Kier alpha value is -2.48. The van der Waals surface area contributed by atoms with E-state index in [0.29, 0.717) is 24.5 Å². The fourth-order valence-corrected chi connectivity index (χ4v) is 5.01. The number of aromatic nitrogens is 2. The third kappa shape index (κ3) is 4.63. The Morgan fingerprint density at radius 2 is 1.96 bits per heavy atom. The number of sulfone groups is 1. The Labute approximate surface area is 159 Å². The second-order valence-electron chi connectivity index (χ2n) is 6.61. The van der Waals surface area contributed by atoms with E-state index in [1.807, 2.05) is 36.1 Å². The van der Waals surface area contributed by atoms with Crippen LogP contribution >= 0.6 is 0 Å². The number of amides is 1. The Kier molecular flexibility index (Phi) is 5.74. The van der Waals surface area contributed by atoms with Crippen molar-refractivity contribution < 1.29 is 13.2 Å². The highest BCUT2D eigenvalue weighted by molar-refractivity contribution is 7.91. The number of benzene rings is 1. The Bertz CT molecular complexity index is 913. The lowest BCUT2D eigenvalue weighted by atomic mass is 10.1. The molecule has 0 spiro atoms. The molecule has 1 amide bonds. The van der Waals surface area contributed by atoms with Gasteiger partial charge in [-0.2, -0.15) is 0 Å². The van der Waals surface area contributed by atoms with Crippen molar-refractivity contribution in [3.63, 3.8) is 0 Å². The highest BCUT2D eigenvalue weighted by Crippen LogP contribution is 2.23. The zero-order chi connectivity index (χ0) is 19.4. The molecule has 1 unspecified atom stereocenters. The molecule has 1 aliphatic heterocycles. The molecule has 2 heterocycles. The number of aryl methyl sites for hydroxylation is 1. The van der Waals surface area contributed by atoms with Crippen LogP contribution in [0.4, 0.5) is 11.5 Å². The van der Waals surface area contributed by atoms with Gasteiger partial charge in [-0.15, -0.1) is 0 Å². The summed E-state index contributed by atoms with van der Waals surface area (Å²) < 4.78 is 23.6. The lowest BCUT2D eigenvalue weighted by molar-refractivity contribution is 0.102. The van der Waals surface area contributed by atoms with Gasteiger partial charge < -0.3 is 10.2 Å². The van der Waals surface area contributed by atoms with E-state index in [-0.39, 0.29) is 29.1 Å². The Balaban J connectivity index is 1.76. The molecule has 1 aromatic heterocycles. The van der Waals surface area contributed by atoms with Gasteiger partial charge in [-0.3, -0.25) is 4.79 Å². The molecular formula is C19H24N4O3S. The van der Waals surface area contributed by atoms with Crippen LogP contribution in [0.5, 0.6) is 0 Å².